The van der Waals surface area contributed by atoms with Crippen LogP contribution in [-0.2, 0) is 9.59 Å². The predicted molar refractivity (Wildman–Crippen MR) is 71.2 cm³/mol. The summed E-state index contributed by atoms with van der Waals surface area (Å²) in [4.78, 5) is 25.0. The molecule has 1 unspecified atom stereocenters. The fourth-order valence-corrected chi connectivity index (χ4v) is 2.44. The zero-order valence-electron chi connectivity index (χ0n) is 11.5. The lowest BCUT2D eigenvalue weighted by molar-refractivity contribution is -0.123. The number of likely N-dealkylation sites (tertiary alicyclic amines) is 1. The Kier molecular flexibility index (Phi) is 6.72. The molecule has 0 spiro atoms. The molecule has 5 heteroatoms. The summed E-state index contributed by atoms with van der Waals surface area (Å²) < 4.78 is 0. The van der Waals surface area contributed by atoms with E-state index in [4.69, 9.17) is 0 Å². The van der Waals surface area contributed by atoms with Crippen LogP contribution in [0.3, 0.4) is 0 Å². The van der Waals surface area contributed by atoms with Crippen molar-refractivity contribution in [2.45, 2.75) is 45.1 Å². The van der Waals surface area contributed by atoms with Gasteiger partial charge in [-0.1, -0.05) is 13.3 Å². The molecule has 0 bridgehead atoms. The second kappa shape index (κ2) is 8.08. The van der Waals surface area contributed by atoms with Crippen molar-refractivity contribution in [3.8, 4) is 0 Å². The highest BCUT2D eigenvalue weighted by molar-refractivity contribution is 5.80. The number of nitrogens with zero attached hydrogens (tertiary/aromatic N) is 1. The maximum atomic E-state index is 11.7. The van der Waals surface area contributed by atoms with Crippen molar-refractivity contribution in [2.75, 3.05) is 26.7 Å². The van der Waals surface area contributed by atoms with Crippen molar-refractivity contribution in [1.29, 1.82) is 0 Å². The number of carbonyl (C=O) groups excluding carboxylic acids is 2. The number of hydrogen-bond acceptors (Lipinski definition) is 3. The molecule has 1 atom stereocenters. The van der Waals surface area contributed by atoms with Gasteiger partial charge in [-0.15, -0.1) is 0 Å². The zero-order chi connectivity index (χ0) is 13.4. The molecule has 104 valence electrons. The summed E-state index contributed by atoms with van der Waals surface area (Å²) in [6.45, 7) is 4.09. The first-order valence-corrected chi connectivity index (χ1v) is 6.88. The van der Waals surface area contributed by atoms with E-state index in [1.807, 2.05) is 0 Å². The molecule has 1 fully saturated rings. The number of rotatable bonds is 7. The molecule has 5 nitrogen and oxygen atoms in total. The molecule has 2 amide bonds. The van der Waals surface area contributed by atoms with E-state index < -0.39 is 0 Å². The molecule has 1 aliphatic heterocycles. The molecular formula is C13H25N3O2. The molecule has 0 saturated carbocycles. The molecule has 1 heterocycles. The lowest BCUT2D eigenvalue weighted by Crippen LogP contribution is -2.40. The molecule has 1 aliphatic rings. The average Bonchev–Trinajstić information content (AvgIpc) is 2.77. The molecular weight excluding hydrogens is 237 g/mol. The zero-order valence-corrected chi connectivity index (χ0v) is 11.5. The Hall–Kier alpha value is -1.10. The van der Waals surface area contributed by atoms with E-state index >= 15 is 0 Å². The van der Waals surface area contributed by atoms with Crippen LogP contribution < -0.4 is 10.6 Å². The highest BCUT2D eigenvalue weighted by Crippen LogP contribution is 2.20. The summed E-state index contributed by atoms with van der Waals surface area (Å²) in [5, 5.41) is 5.33. The quantitative estimate of drug-likeness (QED) is 0.519. The van der Waals surface area contributed by atoms with Gasteiger partial charge in [-0.05, 0) is 25.8 Å². The minimum atomic E-state index is -0.0414. The number of hydrogen-bond donors (Lipinski definition) is 2. The first-order valence-electron chi connectivity index (χ1n) is 6.88. The van der Waals surface area contributed by atoms with Gasteiger partial charge in [0.15, 0.2) is 0 Å². The van der Waals surface area contributed by atoms with E-state index in [2.05, 4.69) is 22.5 Å². The van der Waals surface area contributed by atoms with Gasteiger partial charge in [0.05, 0.1) is 6.54 Å². The van der Waals surface area contributed by atoms with Gasteiger partial charge in [0.25, 0.3) is 0 Å². The van der Waals surface area contributed by atoms with Crippen molar-refractivity contribution in [3.63, 3.8) is 0 Å². The van der Waals surface area contributed by atoms with Crippen LogP contribution in [0.25, 0.3) is 0 Å². The fraction of sp³-hybridized carbons (Fsp3) is 0.846. The second-order valence-corrected chi connectivity index (χ2v) is 4.83. The van der Waals surface area contributed by atoms with Gasteiger partial charge in [0, 0.05) is 26.1 Å². The van der Waals surface area contributed by atoms with E-state index in [0.29, 0.717) is 25.6 Å². The van der Waals surface area contributed by atoms with Crippen LogP contribution >= 0.6 is 0 Å². The summed E-state index contributed by atoms with van der Waals surface area (Å²) in [5.41, 5.74) is 0. The Labute approximate surface area is 109 Å². The van der Waals surface area contributed by atoms with Gasteiger partial charge in [0.1, 0.15) is 0 Å². The monoisotopic (exact) mass is 262 g/mol. The Morgan fingerprint density at radius 3 is 2.78 bits per heavy atom. The fourth-order valence-electron chi connectivity index (χ4n) is 2.44. The number of carbonyl (C=O) groups is 2. The molecule has 0 aromatic heterocycles. The third-order valence-electron chi connectivity index (χ3n) is 3.42. The Morgan fingerprint density at radius 2 is 2.11 bits per heavy atom. The predicted octanol–water partition coefficient (Wildman–Crippen LogP) is 0.503. The van der Waals surface area contributed by atoms with Crippen LogP contribution in [-0.4, -0.2) is 49.4 Å². The largest absolute Gasteiger partial charge is 0.359 e. The molecule has 18 heavy (non-hydrogen) atoms. The minimum absolute atomic E-state index is 0.0295. The molecule has 1 saturated heterocycles. The van der Waals surface area contributed by atoms with Crippen molar-refractivity contribution < 1.29 is 9.59 Å². The lowest BCUT2D eigenvalue weighted by atomic mass is 10.4. The van der Waals surface area contributed by atoms with E-state index in [-0.39, 0.29) is 11.8 Å². The molecule has 0 aromatic rings. The first kappa shape index (κ1) is 15.0. The van der Waals surface area contributed by atoms with Gasteiger partial charge in [0.2, 0.25) is 11.8 Å². The van der Waals surface area contributed by atoms with Crippen LogP contribution in [0, 0.1) is 0 Å². The van der Waals surface area contributed by atoms with Crippen LogP contribution in [0.4, 0.5) is 0 Å². The maximum Gasteiger partial charge on any atom is 0.234 e. The van der Waals surface area contributed by atoms with Gasteiger partial charge in [-0.3, -0.25) is 14.5 Å². The molecule has 0 radical (unpaired) electrons. The van der Waals surface area contributed by atoms with Crippen LogP contribution in [0.2, 0.25) is 0 Å². The van der Waals surface area contributed by atoms with E-state index in [9.17, 15) is 9.59 Å². The molecule has 0 aliphatic carbocycles. The summed E-state index contributed by atoms with van der Waals surface area (Å²) in [6, 6.07) is 0.569. The van der Waals surface area contributed by atoms with E-state index in [1.165, 1.54) is 25.7 Å². The highest BCUT2D eigenvalue weighted by Gasteiger charge is 2.25. The summed E-state index contributed by atoms with van der Waals surface area (Å²) in [6.07, 6.45) is 5.08. The van der Waals surface area contributed by atoms with E-state index in [0.717, 1.165) is 6.54 Å². The van der Waals surface area contributed by atoms with Gasteiger partial charge >= 0.3 is 0 Å². The normalized spacial score (nSPS) is 19.8. The third kappa shape index (κ3) is 5.04. The minimum Gasteiger partial charge on any atom is -0.359 e. The standard InChI is InChI=1S/C13H25N3O2/c1-3-5-11-6-4-9-16(11)10-13(18)15-8-7-12(17)14-2/h11H,3-10H2,1-2H3,(H,14,17)(H,15,18)/i2+1,4+1,5+1,6+1,9+1,11+1,14+1. The van der Waals surface area contributed by atoms with Gasteiger partial charge < -0.3 is 10.6 Å². The molecule has 0 aromatic carbocycles. The Balaban J connectivity index is 2.20. The summed E-state index contributed by atoms with van der Waals surface area (Å²) >= 11 is 0. The second-order valence-electron chi connectivity index (χ2n) is 4.83. The van der Waals surface area contributed by atoms with Crippen LogP contribution in [0.5, 0.6) is 0 Å². The van der Waals surface area contributed by atoms with Crippen molar-refractivity contribution in [3.05, 3.63) is 0 Å². The van der Waals surface area contributed by atoms with Crippen LogP contribution in [0.15, 0.2) is 0 Å². The van der Waals surface area contributed by atoms with Crippen LogP contribution in [0.1, 0.15) is 39.0 Å². The summed E-state index contributed by atoms with van der Waals surface area (Å²) in [5.74, 6) is -0.0118. The van der Waals surface area contributed by atoms with E-state index in [1.54, 1.807) is 7.05 Å². The van der Waals surface area contributed by atoms with Crippen molar-refractivity contribution in [2.24, 2.45) is 0 Å². The SMILES string of the molecule is CC[13CH2][13CH]1[13CH2][13CH2][13CH2]N1CC(=O)NCCC(=O)[15NH][13CH3]. The Bertz CT molecular complexity index is 281. The smallest absolute Gasteiger partial charge is 0.234 e. The molecule has 2 N–H and O–H groups in total. The third-order valence-corrected chi connectivity index (χ3v) is 3.42. The van der Waals surface area contributed by atoms with Crippen molar-refractivity contribution >= 4 is 11.8 Å². The number of amides is 2. The number of nitrogens with one attached hydrogen (secondary N) is 2. The van der Waals surface area contributed by atoms with Crippen molar-refractivity contribution in [1.82, 2.24) is 15.5 Å². The molecule has 1 rings (SSSR count). The van der Waals surface area contributed by atoms with Gasteiger partial charge in [-0.2, -0.15) is 0 Å². The maximum absolute atomic E-state index is 11.7. The lowest BCUT2D eigenvalue weighted by Gasteiger charge is -2.23. The average molecular weight is 262 g/mol. The Morgan fingerprint density at radius 1 is 1.33 bits per heavy atom. The van der Waals surface area contributed by atoms with Gasteiger partial charge in [-0.25, -0.2) is 0 Å². The first-order chi connectivity index (χ1) is 8.67. The topological polar surface area (TPSA) is 61.4 Å². The summed E-state index contributed by atoms with van der Waals surface area (Å²) in [7, 11) is 1.60. The highest BCUT2D eigenvalue weighted by atomic mass is 16.2.